The molecule has 1 heterocycles. The Morgan fingerprint density at radius 2 is 2.00 bits per heavy atom. The Balaban J connectivity index is 1.88. The van der Waals surface area contributed by atoms with E-state index in [9.17, 15) is 13.6 Å². The van der Waals surface area contributed by atoms with Gasteiger partial charge in [0.2, 0.25) is 5.91 Å². The Labute approximate surface area is 127 Å². The number of morpholine rings is 1. The van der Waals surface area contributed by atoms with E-state index >= 15 is 0 Å². The Hall–Kier alpha value is -2.00. The minimum Gasteiger partial charge on any atom is -0.360 e. The van der Waals surface area contributed by atoms with Crippen LogP contribution >= 0.6 is 0 Å². The van der Waals surface area contributed by atoms with Crippen LogP contribution in [0.2, 0.25) is 0 Å². The van der Waals surface area contributed by atoms with Crippen LogP contribution in [0.5, 0.6) is 0 Å². The first-order valence-corrected chi connectivity index (χ1v) is 7.21. The molecule has 1 aromatic rings. The molecule has 2 fully saturated rings. The highest BCUT2D eigenvalue weighted by atomic mass is 19.3. The van der Waals surface area contributed by atoms with Crippen LogP contribution in [0.4, 0.5) is 8.78 Å². The van der Waals surface area contributed by atoms with Crippen molar-refractivity contribution in [3.05, 3.63) is 35.9 Å². The maximum Gasteiger partial charge on any atom is 0.250 e. The van der Waals surface area contributed by atoms with Gasteiger partial charge in [-0.15, -0.1) is 0 Å². The second-order valence-electron chi connectivity index (χ2n) is 5.90. The van der Waals surface area contributed by atoms with Crippen LogP contribution in [0.25, 0.3) is 0 Å². The van der Waals surface area contributed by atoms with E-state index in [-0.39, 0.29) is 19.1 Å². The molecule has 3 rings (SSSR count). The van der Waals surface area contributed by atoms with E-state index in [2.05, 4.69) is 0 Å². The molecule has 6 heteroatoms. The van der Waals surface area contributed by atoms with Gasteiger partial charge < -0.3 is 9.64 Å². The zero-order valence-corrected chi connectivity index (χ0v) is 12.0. The molecule has 0 spiro atoms. The minimum atomic E-state index is -2.81. The van der Waals surface area contributed by atoms with Gasteiger partial charge in [0.15, 0.2) is 6.10 Å². The zero-order chi connectivity index (χ0) is 15.8. The van der Waals surface area contributed by atoms with Gasteiger partial charge in [0.25, 0.3) is 5.92 Å². The Morgan fingerprint density at radius 1 is 1.32 bits per heavy atom. The van der Waals surface area contributed by atoms with Crippen molar-refractivity contribution >= 4 is 5.91 Å². The molecular weight excluding hydrogens is 290 g/mol. The number of hydrogen-bond acceptors (Lipinski definition) is 3. The number of nitrogens with zero attached hydrogens (tertiary/aromatic N) is 2. The number of ether oxygens (including phenoxy) is 1. The molecule has 0 aromatic heterocycles. The fraction of sp³-hybridized carbons (Fsp3) is 0.500. The van der Waals surface area contributed by atoms with Gasteiger partial charge in [-0.25, -0.2) is 8.78 Å². The highest BCUT2D eigenvalue weighted by Gasteiger charge is 2.62. The van der Waals surface area contributed by atoms with Crippen LogP contribution in [0.1, 0.15) is 18.4 Å². The molecule has 1 aromatic carbocycles. The van der Waals surface area contributed by atoms with Crippen molar-refractivity contribution < 1.29 is 18.3 Å². The highest BCUT2D eigenvalue weighted by Crippen LogP contribution is 2.54. The third-order valence-electron chi connectivity index (χ3n) is 4.35. The summed E-state index contributed by atoms with van der Waals surface area (Å²) in [6.45, 7) is 0.720. The third-order valence-corrected chi connectivity index (χ3v) is 4.35. The predicted molar refractivity (Wildman–Crippen MR) is 74.2 cm³/mol. The number of nitriles is 1. The zero-order valence-electron chi connectivity index (χ0n) is 12.0. The van der Waals surface area contributed by atoms with Crippen molar-refractivity contribution in [1.82, 2.24) is 4.90 Å². The van der Waals surface area contributed by atoms with Gasteiger partial charge in [0.05, 0.1) is 24.6 Å². The third kappa shape index (κ3) is 2.46. The fourth-order valence-electron chi connectivity index (χ4n) is 3.28. The molecule has 2 aliphatic rings. The lowest BCUT2D eigenvalue weighted by atomic mass is 9.61. The fourth-order valence-corrected chi connectivity index (χ4v) is 3.28. The Bertz CT molecular complexity index is 604. The highest BCUT2D eigenvalue weighted by molar-refractivity contribution is 5.90. The van der Waals surface area contributed by atoms with Gasteiger partial charge in [0.1, 0.15) is 0 Å². The molecule has 4 nitrogen and oxygen atoms in total. The smallest absolute Gasteiger partial charge is 0.250 e. The second-order valence-corrected chi connectivity index (χ2v) is 5.90. The molecule has 1 unspecified atom stereocenters. The van der Waals surface area contributed by atoms with Crippen molar-refractivity contribution in [2.45, 2.75) is 30.3 Å². The summed E-state index contributed by atoms with van der Waals surface area (Å²) in [6, 6.07) is 10.7. The van der Waals surface area contributed by atoms with Crippen LogP contribution in [-0.4, -0.2) is 42.5 Å². The van der Waals surface area contributed by atoms with Crippen molar-refractivity contribution in [1.29, 1.82) is 5.26 Å². The van der Waals surface area contributed by atoms with Crippen molar-refractivity contribution in [3.63, 3.8) is 0 Å². The lowest BCUT2D eigenvalue weighted by Crippen LogP contribution is -2.61. The van der Waals surface area contributed by atoms with Gasteiger partial charge in [0, 0.05) is 19.4 Å². The van der Waals surface area contributed by atoms with Crippen LogP contribution in [0.15, 0.2) is 30.3 Å². The van der Waals surface area contributed by atoms with E-state index in [4.69, 9.17) is 10.00 Å². The number of carbonyl (C=O) groups is 1. The van der Waals surface area contributed by atoms with Gasteiger partial charge in [-0.3, -0.25) is 4.79 Å². The molecule has 0 N–H and O–H groups in total. The number of amides is 1. The van der Waals surface area contributed by atoms with Crippen molar-refractivity contribution in [2.24, 2.45) is 0 Å². The molecule has 116 valence electrons. The van der Waals surface area contributed by atoms with E-state index in [1.807, 2.05) is 6.07 Å². The first-order valence-electron chi connectivity index (χ1n) is 7.21. The molecular formula is C16H16F2N2O2. The molecule has 1 saturated carbocycles. The summed E-state index contributed by atoms with van der Waals surface area (Å²) < 4.78 is 32.3. The lowest BCUT2D eigenvalue weighted by molar-refractivity contribution is -0.172. The molecule has 1 aliphatic carbocycles. The summed E-state index contributed by atoms with van der Waals surface area (Å²) in [5, 5.41) is 8.93. The van der Waals surface area contributed by atoms with Gasteiger partial charge in [-0.2, -0.15) is 5.26 Å². The summed E-state index contributed by atoms with van der Waals surface area (Å²) >= 11 is 0. The van der Waals surface area contributed by atoms with Gasteiger partial charge in [-0.05, 0) is 5.56 Å². The minimum absolute atomic E-state index is 0.134. The van der Waals surface area contributed by atoms with Crippen LogP contribution < -0.4 is 0 Å². The maximum absolute atomic E-state index is 13.5. The van der Waals surface area contributed by atoms with Crippen LogP contribution in [-0.2, 0) is 14.9 Å². The lowest BCUT2D eigenvalue weighted by Gasteiger charge is -2.49. The number of rotatable bonds is 2. The summed E-state index contributed by atoms with van der Waals surface area (Å²) in [7, 11) is 0. The molecule has 1 atom stereocenters. The molecule has 1 aliphatic heterocycles. The second kappa shape index (κ2) is 5.33. The van der Waals surface area contributed by atoms with E-state index in [0.29, 0.717) is 12.1 Å². The molecule has 0 radical (unpaired) electrons. The van der Waals surface area contributed by atoms with Crippen LogP contribution in [0.3, 0.4) is 0 Å². The molecule has 22 heavy (non-hydrogen) atoms. The van der Waals surface area contributed by atoms with Gasteiger partial charge in [-0.1, -0.05) is 30.3 Å². The predicted octanol–water partition coefficient (Wildman–Crippen LogP) is 2.10. The maximum atomic E-state index is 13.5. The average molecular weight is 306 g/mol. The summed E-state index contributed by atoms with van der Waals surface area (Å²) in [4.78, 5) is 14.4. The van der Waals surface area contributed by atoms with E-state index < -0.39 is 30.3 Å². The monoisotopic (exact) mass is 306 g/mol. The summed E-state index contributed by atoms with van der Waals surface area (Å²) in [5.74, 6) is -3.14. The largest absolute Gasteiger partial charge is 0.360 e. The van der Waals surface area contributed by atoms with E-state index in [1.165, 1.54) is 4.90 Å². The standard InChI is InChI=1S/C16H16F2N2O2/c17-16(18)10-15(11-16,12-4-2-1-3-5-12)14(21)20-6-7-22-13(8-19)9-20/h1-5,13H,6-7,9-11H2. The number of benzene rings is 1. The van der Waals surface area contributed by atoms with Crippen molar-refractivity contribution in [3.8, 4) is 6.07 Å². The normalized spacial score (nSPS) is 25.9. The number of alkyl halides is 2. The topological polar surface area (TPSA) is 53.3 Å². The number of carbonyl (C=O) groups excluding carboxylic acids is 1. The number of hydrogen-bond donors (Lipinski definition) is 0. The SMILES string of the molecule is N#CC1CN(C(=O)C2(c3ccccc3)CC(F)(F)C2)CCO1. The first kappa shape index (κ1) is 14.9. The first-order chi connectivity index (χ1) is 10.5. The van der Waals surface area contributed by atoms with Gasteiger partial charge >= 0.3 is 0 Å². The average Bonchev–Trinajstić information content (AvgIpc) is 2.52. The Morgan fingerprint density at radius 3 is 2.59 bits per heavy atom. The number of halogens is 2. The Kier molecular flexibility index (Phi) is 3.61. The molecule has 1 saturated heterocycles. The van der Waals surface area contributed by atoms with Crippen molar-refractivity contribution in [2.75, 3.05) is 19.7 Å². The summed E-state index contributed by atoms with van der Waals surface area (Å²) in [5.41, 5.74) is -0.562. The van der Waals surface area contributed by atoms with E-state index in [1.54, 1.807) is 30.3 Å². The molecule has 0 bridgehead atoms. The summed E-state index contributed by atoms with van der Waals surface area (Å²) in [6.07, 6.45) is -1.64. The quantitative estimate of drug-likeness (QED) is 0.841. The van der Waals surface area contributed by atoms with Crippen LogP contribution in [0, 0.1) is 11.3 Å². The van der Waals surface area contributed by atoms with E-state index in [0.717, 1.165) is 0 Å². The molecule has 1 amide bonds.